The highest BCUT2D eigenvalue weighted by Gasteiger charge is 2.22. The van der Waals surface area contributed by atoms with Gasteiger partial charge in [0, 0.05) is 12.7 Å². The topological polar surface area (TPSA) is 102 Å². The number of benzene rings is 1. The lowest BCUT2D eigenvalue weighted by atomic mass is 10.0. The van der Waals surface area contributed by atoms with E-state index in [4.69, 9.17) is 10.4 Å². The number of amides is 1. The van der Waals surface area contributed by atoms with Crippen molar-refractivity contribution >= 4 is 11.9 Å². The Hall–Kier alpha value is -2.81. The fourth-order valence-electron chi connectivity index (χ4n) is 2.17. The molecule has 0 aliphatic heterocycles. The van der Waals surface area contributed by atoms with E-state index in [9.17, 15) is 9.59 Å². The molecule has 24 heavy (non-hydrogen) atoms. The molecule has 128 valence electrons. The van der Waals surface area contributed by atoms with Gasteiger partial charge in [-0.3, -0.25) is 4.79 Å². The van der Waals surface area contributed by atoms with Crippen molar-refractivity contribution < 1.29 is 14.7 Å². The molecule has 0 saturated carbocycles. The first-order valence-corrected chi connectivity index (χ1v) is 7.76. The summed E-state index contributed by atoms with van der Waals surface area (Å²) in [4.78, 5) is 23.2. The SMILES string of the molecule is Cc1cccc(CN/C=C(/C#N)C(=O)NC(CC(C)C)C(=O)O)c1. The van der Waals surface area contributed by atoms with Crippen LogP contribution in [0.25, 0.3) is 0 Å². The molecule has 0 radical (unpaired) electrons. The number of nitrogens with zero attached hydrogens (tertiary/aromatic N) is 1. The predicted molar refractivity (Wildman–Crippen MR) is 90.7 cm³/mol. The highest BCUT2D eigenvalue weighted by molar-refractivity contribution is 5.99. The third kappa shape index (κ3) is 6.53. The summed E-state index contributed by atoms with van der Waals surface area (Å²) in [5.41, 5.74) is 1.99. The van der Waals surface area contributed by atoms with Gasteiger partial charge in [0.2, 0.25) is 0 Å². The molecule has 0 heterocycles. The van der Waals surface area contributed by atoms with Crippen molar-refractivity contribution in [2.24, 2.45) is 5.92 Å². The van der Waals surface area contributed by atoms with Crippen molar-refractivity contribution in [1.29, 1.82) is 5.26 Å². The standard InChI is InChI=1S/C18H23N3O3/c1-12(2)7-16(18(23)24)21-17(22)15(9-19)11-20-10-14-6-4-5-13(3)8-14/h4-6,8,11-12,16,20H,7,10H2,1-3H3,(H,21,22)(H,23,24)/b15-11-. The molecule has 1 unspecified atom stereocenters. The number of nitriles is 1. The number of aliphatic carboxylic acids is 1. The average Bonchev–Trinajstić information content (AvgIpc) is 2.50. The molecule has 0 aromatic heterocycles. The van der Waals surface area contributed by atoms with Crippen LogP contribution in [-0.4, -0.2) is 23.0 Å². The van der Waals surface area contributed by atoms with Crippen LogP contribution < -0.4 is 10.6 Å². The Morgan fingerprint density at radius 1 is 1.38 bits per heavy atom. The normalized spacial score (nSPS) is 12.4. The lowest BCUT2D eigenvalue weighted by Crippen LogP contribution is -2.42. The Balaban J connectivity index is 2.68. The zero-order valence-electron chi connectivity index (χ0n) is 14.2. The second kappa shape index (κ2) is 9.36. The van der Waals surface area contributed by atoms with Gasteiger partial charge in [-0.2, -0.15) is 5.26 Å². The minimum Gasteiger partial charge on any atom is -0.480 e. The molecule has 0 bridgehead atoms. The van der Waals surface area contributed by atoms with Crippen LogP contribution in [0.3, 0.4) is 0 Å². The maximum Gasteiger partial charge on any atom is 0.326 e. The molecule has 1 rings (SSSR count). The highest BCUT2D eigenvalue weighted by atomic mass is 16.4. The van der Waals surface area contributed by atoms with Gasteiger partial charge in [0.25, 0.3) is 5.91 Å². The van der Waals surface area contributed by atoms with Crippen LogP contribution >= 0.6 is 0 Å². The lowest BCUT2D eigenvalue weighted by molar-refractivity contribution is -0.141. The van der Waals surface area contributed by atoms with Crippen LogP contribution in [0.15, 0.2) is 36.0 Å². The summed E-state index contributed by atoms with van der Waals surface area (Å²) in [5, 5.41) is 23.5. The fourth-order valence-corrected chi connectivity index (χ4v) is 2.17. The smallest absolute Gasteiger partial charge is 0.326 e. The van der Waals surface area contributed by atoms with E-state index in [-0.39, 0.29) is 11.5 Å². The van der Waals surface area contributed by atoms with E-state index >= 15 is 0 Å². The Morgan fingerprint density at radius 3 is 2.62 bits per heavy atom. The van der Waals surface area contributed by atoms with Crippen molar-refractivity contribution in [3.63, 3.8) is 0 Å². The Morgan fingerprint density at radius 2 is 2.08 bits per heavy atom. The monoisotopic (exact) mass is 329 g/mol. The number of carbonyl (C=O) groups excluding carboxylic acids is 1. The Labute approximate surface area is 142 Å². The van der Waals surface area contributed by atoms with Gasteiger partial charge >= 0.3 is 5.97 Å². The van der Waals surface area contributed by atoms with Crippen LogP contribution in [0.4, 0.5) is 0 Å². The summed E-state index contributed by atoms with van der Waals surface area (Å²) < 4.78 is 0. The average molecular weight is 329 g/mol. The van der Waals surface area contributed by atoms with Gasteiger partial charge in [-0.25, -0.2) is 4.79 Å². The first kappa shape index (κ1) is 19.2. The van der Waals surface area contributed by atoms with Gasteiger partial charge in [-0.1, -0.05) is 43.7 Å². The molecule has 1 amide bonds. The van der Waals surface area contributed by atoms with E-state index in [0.29, 0.717) is 13.0 Å². The maximum absolute atomic E-state index is 12.1. The van der Waals surface area contributed by atoms with Gasteiger partial charge in [-0.05, 0) is 24.8 Å². The van der Waals surface area contributed by atoms with Crippen LogP contribution in [0.5, 0.6) is 0 Å². The summed E-state index contributed by atoms with van der Waals surface area (Å²) in [6.45, 7) is 6.18. The van der Waals surface area contributed by atoms with Crippen molar-refractivity contribution in [1.82, 2.24) is 10.6 Å². The molecule has 6 nitrogen and oxygen atoms in total. The number of carboxylic acids is 1. The molecule has 1 aromatic rings. The van der Waals surface area contributed by atoms with Crippen molar-refractivity contribution in [3.8, 4) is 6.07 Å². The zero-order chi connectivity index (χ0) is 18.1. The highest BCUT2D eigenvalue weighted by Crippen LogP contribution is 2.06. The third-order valence-electron chi connectivity index (χ3n) is 3.31. The van der Waals surface area contributed by atoms with E-state index in [2.05, 4.69) is 10.6 Å². The van der Waals surface area contributed by atoms with E-state index in [1.54, 1.807) is 6.07 Å². The summed E-state index contributed by atoms with van der Waals surface area (Å²) in [6, 6.07) is 8.62. The van der Waals surface area contributed by atoms with Gasteiger partial charge in [0.05, 0.1) is 0 Å². The molecule has 1 atom stereocenters. The minimum atomic E-state index is -1.11. The Bertz CT molecular complexity index is 660. The van der Waals surface area contributed by atoms with Crippen molar-refractivity contribution in [3.05, 3.63) is 47.2 Å². The van der Waals surface area contributed by atoms with Crippen LogP contribution in [0.1, 0.15) is 31.4 Å². The number of carbonyl (C=O) groups is 2. The third-order valence-corrected chi connectivity index (χ3v) is 3.31. The fraction of sp³-hybridized carbons (Fsp3) is 0.389. The number of carboxylic acid groups (broad SMARTS) is 1. The van der Waals surface area contributed by atoms with Crippen LogP contribution in [0.2, 0.25) is 0 Å². The number of rotatable bonds is 8. The van der Waals surface area contributed by atoms with E-state index in [0.717, 1.165) is 11.1 Å². The summed E-state index contributed by atoms with van der Waals surface area (Å²) in [7, 11) is 0. The predicted octanol–water partition coefficient (Wildman–Crippen LogP) is 2.11. The van der Waals surface area contributed by atoms with E-state index in [1.165, 1.54) is 6.20 Å². The Kier molecular flexibility index (Phi) is 7.50. The molecule has 3 N–H and O–H groups in total. The lowest BCUT2D eigenvalue weighted by Gasteiger charge is -2.16. The van der Waals surface area contributed by atoms with Gasteiger partial charge in [0.15, 0.2) is 0 Å². The molecule has 6 heteroatoms. The molecule has 0 aliphatic rings. The molecular weight excluding hydrogens is 306 g/mol. The van der Waals surface area contributed by atoms with Gasteiger partial charge in [0.1, 0.15) is 17.7 Å². The first-order chi connectivity index (χ1) is 11.3. The summed E-state index contributed by atoms with van der Waals surface area (Å²) in [5.74, 6) is -1.69. The van der Waals surface area contributed by atoms with Gasteiger partial charge in [-0.15, -0.1) is 0 Å². The molecule has 1 aromatic carbocycles. The minimum absolute atomic E-state index is 0.111. The summed E-state index contributed by atoms with van der Waals surface area (Å²) in [6.07, 6.45) is 1.61. The van der Waals surface area contributed by atoms with Crippen molar-refractivity contribution in [2.75, 3.05) is 0 Å². The maximum atomic E-state index is 12.1. The van der Waals surface area contributed by atoms with Gasteiger partial charge < -0.3 is 15.7 Å². The number of hydrogen-bond acceptors (Lipinski definition) is 4. The molecule has 0 spiro atoms. The second-order valence-corrected chi connectivity index (χ2v) is 6.03. The molecule has 0 aliphatic carbocycles. The molecule has 0 saturated heterocycles. The van der Waals surface area contributed by atoms with E-state index < -0.39 is 17.9 Å². The van der Waals surface area contributed by atoms with Crippen LogP contribution in [0, 0.1) is 24.2 Å². The van der Waals surface area contributed by atoms with Crippen LogP contribution in [-0.2, 0) is 16.1 Å². The van der Waals surface area contributed by atoms with Crippen molar-refractivity contribution in [2.45, 2.75) is 39.8 Å². The zero-order valence-corrected chi connectivity index (χ0v) is 14.2. The molecular formula is C18H23N3O3. The number of hydrogen-bond donors (Lipinski definition) is 3. The van der Waals surface area contributed by atoms with E-state index in [1.807, 2.05) is 45.0 Å². The number of aryl methyl sites for hydroxylation is 1. The largest absolute Gasteiger partial charge is 0.480 e. The quantitative estimate of drug-likeness (QED) is 0.501. The number of nitrogens with one attached hydrogen (secondary N) is 2. The first-order valence-electron chi connectivity index (χ1n) is 7.76. The second-order valence-electron chi connectivity index (χ2n) is 6.03. The molecule has 0 fully saturated rings. The summed E-state index contributed by atoms with van der Waals surface area (Å²) >= 11 is 0.